The molecule has 2 aromatic rings. The lowest BCUT2D eigenvalue weighted by Crippen LogP contribution is -2.28. The maximum absolute atomic E-state index is 11.5. The van der Waals surface area contributed by atoms with E-state index in [1.165, 1.54) is 5.56 Å². The highest BCUT2D eigenvalue weighted by Crippen LogP contribution is 2.37. The van der Waals surface area contributed by atoms with Crippen molar-refractivity contribution in [2.24, 2.45) is 4.99 Å². The van der Waals surface area contributed by atoms with Crippen LogP contribution in [0.15, 0.2) is 47.5 Å². The highest BCUT2D eigenvalue weighted by molar-refractivity contribution is 6.40. The molecule has 5 heteroatoms. The van der Waals surface area contributed by atoms with Crippen molar-refractivity contribution in [2.75, 3.05) is 11.9 Å². The van der Waals surface area contributed by atoms with Gasteiger partial charge in [-0.2, -0.15) is 0 Å². The summed E-state index contributed by atoms with van der Waals surface area (Å²) in [5.74, 6) is 2.32. The molecular formula is C21H20N2O3. The molecule has 1 aliphatic rings. The maximum atomic E-state index is 11.5. The molecule has 3 rings (SSSR count). The number of anilines is 1. The second-order valence-corrected chi connectivity index (χ2v) is 6.37. The van der Waals surface area contributed by atoms with Gasteiger partial charge in [0.05, 0.1) is 0 Å². The topological polar surface area (TPSA) is 70.9 Å². The van der Waals surface area contributed by atoms with Crippen molar-refractivity contribution in [3.8, 4) is 18.1 Å². The minimum absolute atomic E-state index is 0.0762. The summed E-state index contributed by atoms with van der Waals surface area (Å²) in [6.07, 6.45) is 5.25. The van der Waals surface area contributed by atoms with Crippen LogP contribution in [0.25, 0.3) is 0 Å². The molecule has 0 radical (unpaired) electrons. The number of ether oxygens (including phenoxy) is 1. The maximum Gasteiger partial charge on any atom is 0.371 e. The smallest absolute Gasteiger partial charge is 0.371 e. The molecule has 2 N–H and O–H groups in total. The predicted molar refractivity (Wildman–Crippen MR) is 102 cm³/mol. The number of fused-ring (bicyclic) bond motifs is 1. The van der Waals surface area contributed by atoms with Crippen molar-refractivity contribution < 1.29 is 14.6 Å². The lowest BCUT2D eigenvalue weighted by molar-refractivity contribution is -0.129. The Labute approximate surface area is 152 Å². The lowest BCUT2D eigenvalue weighted by Gasteiger charge is -2.25. The summed E-state index contributed by atoms with van der Waals surface area (Å²) in [6.45, 7) is 4.43. The van der Waals surface area contributed by atoms with Gasteiger partial charge in [0, 0.05) is 11.3 Å². The van der Waals surface area contributed by atoms with E-state index in [-0.39, 0.29) is 12.4 Å². The highest BCUT2D eigenvalue weighted by Gasteiger charge is 2.26. The van der Waals surface area contributed by atoms with E-state index in [4.69, 9.17) is 11.2 Å². The molecule has 1 heterocycles. The molecule has 0 amide bonds. The molecule has 0 fully saturated rings. The van der Waals surface area contributed by atoms with Gasteiger partial charge in [0.2, 0.25) is 5.84 Å². The van der Waals surface area contributed by atoms with Crippen LogP contribution in [0.2, 0.25) is 0 Å². The Bertz CT molecular complexity index is 892. The van der Waals surface area contributed by atoms with Gasteiger partial charge in [-0.3, -0.25) is 0 Å². The number of carboxylic acids is 1. The molecule has 26 heavy (non-hydrogen) atoms. The van der Waals surface area contributed by atoms with Gasteiger partial charge in [-0.15, -0.1) is 6.42 Å². The molecule has 0 spiro atoms. The highest BCUT2D eigenvalue weighted by atomic mass is 16.5. The first-order chi connectivity index (χ1) is 12.5. The number of amidine groups is 1. The summed E-state index contributed by atoms with van der Waals surface area (Å²) >= 11 is 0. The molecule has 0 aliphatic carbocycles. The molecule has 0 bridgehead atoms. The zero-order chi connectivity index (χ0) is 18.7. The van der Waals surface area contributed by atoms with E-state index in [1.807, 2.05) is 18.2 Å². The van der Waals surface area contributed by atoms with E-state index in [1.54, 1.807) is 12.1 Å². The van der Waals surface area contributed by atoms with Crippen LogP contribution in [0.4, 0.5) is 5.69 Å². The predicted octanol–water partition coefficient (Wildman–Crippen LogP) is 3.82. The fourth-order valence-corrected chi connectivity index (χ4v) is 2.88. The summed E-state index contributed by atoms with van der Waals surface area (Å²) in [5, 5.41) is 12.2. The van der Waals surface area contributed by atoms with Gasteiger partial charge >= 0.3 is 5.97 Å². The molecular weight excluding hydrogens is 328 g/mol. The number of nitrogens with zero attached hydrogens (tertiary/aromatic N) is 1. The van der Waals surface area contributed by atoms with Crippen molar-refractivity contribution in [2.45, 2.75) is 25.8 Å². The van der Waals surface area contributed by atoms with E-state index in [0.717, 1.165) is 11.1 Å². The molecule has 1 aliphatic heterocycles. The molecule has 1 unspecified atom stereocenters. The van der Waals surface area contributed by atoms with Crippen LogP contribution in [-0.4, -0.2) is 23.5 Å². The molecule has 1 atom stereocenters. The Morgan fingerprint density at radius 3 is 2.65 bits per heavy atom. The minimum Gasteiger partial charge on any atom is -0.481 e. The molecule has 0 saturated carbocycles. The van der Waals surface area contributed by atoms with Gasteiger partial charge in [0.25, 0.3) is 0 Å². The van der Waals surface area contributed by atoms with Crippen molar-refractivity contribution in [3.05, 3.63) is 59.2 Å². The van der Waals surface area contributed by atoms with E-state index in [2.05, 4.69) is 42.2 Å². The Balaban J connectivity index is 2.04. The van der Waals surface area contributed by atoms with Crippen LogP contribution < -0.4 is 10.1 Å². The summed E-state index contributed by atoms with van der Waals surface area (Å²) < 4.78 is 5.50. The molecule has 0 saturated heterocycles. The quantitative estimate of drug-likeness (QED) is 0.806. The summed E-state index contributed by atoms with van der Waals surface area (Å²) in [4.78, 5) is 15.9. The average molecular weight is 348 g/mol. The monoisotopic (exact) mass is 348 g/mol. The van der Waals surface area contributed by atoms with Crippen LogP contribution >= 0.6 is 0 Å². The average Bonchev–Trinajstić information content (AvgIpc) is 2.65. The summed E-state index contributed by atoms with van der Waals surface area (Å²) in [7, 11) is 0. The van der Waals surface area contributed by atoms with Gasteiger partial charge in [-0.25, -0.2) is 9.79 Å². The molecule has 0 aromatic heterocycles. The van der Waals surface area contributed by atoms with Gasteiger partial charge in [-0.1, -0.05) is 44.0 Å². The van der Waals surface area contributed by atoms with Crippen molar-refractivity contribution in [1.82, 2.24) is 0 Å². The van der Waals surface area contributed by atoms with Gasteiger partial charge in [0.1, 0.15) is 18.4 Å². The van der Waals surface area contributed by atoms with Crippen LogP contribution in [0, 0.1) is 12.3 Å². The van der Waals surface area contributed by atoms with Crippen LogP contribution in [0.1, 0.15) is 42.5 Å². The number of terminal acetylenes is 1. The van der Waals surface area contributed by atoms with Crippen LogP contribution in [0.3, 0.4) is 0 Å². The number of aliphatic carboxylic acids is 1. The fourth-order valence-electron chi connectivity index (χ4n) is 2.88. The Kier molecular flexibility index (Phi) is 4.94. The Morgan fingerprint density at radius 1 is 1.31 bits per heavy atom. The third-order valence-corrected chi connectivity index (χ3v) is 4.27. The van der Waals surface area contributed by atoms with Gasteiger partial charge in [0.15, 0.2) is 0 Å². The van der Waals surface area contributed by atoms with E-state index >= 15 is 0 Å². The van der Waals surface area contributed by atoms with Gasteiger partial charge in [-0.05, 0) is 35.2 Å². The van der Waals surface area contributed by atoms with Gasteiger partial charge < -0.3 is 15.2 Å². The first kappa shape index (κ1) is 17.6. The second kappa shape index (κ2) is 7.32. The minimum atomic E-state index is -1.09. The third kappa shape index (κ3) is 3.55. The molecule has 132 valence electrons. The summed E-state index contributed by atoms with van der Waals surface area (Å²) in [5.41, 5.74) is 3.69. The molecule has 2 aromatic carbocycles. The zero-order valence-corrected chi connectivity index (χ0v) is 14.7. The first-order valence-electron chi connectivity index (χ1n) is 8.37. The van der Waals surface area contributed by atoms with E-state index < -0.39 is 12.0 Å². The second-order valence-electron chi connectivity index (χ2n) is 6.37. The zero-order valence-electron chi connectivity index (χ0n) is 14.7. The van der Waals surface area contributed by atoms with Crippen molar-refractivity contribution in [3.63, 3.8) is 0 Å². The summed E-state index contributed by atoms with van der Waals surface area (Å²) in [6, 6.07) is 13.1. The van der Waals surface area contributed by atoms with E-state index in [0.29, 0.717) is 17.4 Å². The number of carbonyl (C=O) groups is 1. The SMILES string of the molecule is C#CCOc1ccc2c(c1)C(c1ccc(C(C)C)cc1)N=C(C(=O)O)N2. The fraction of sp³-hybridized carbons (Fsp3) is 0.238. The third-order valence-electron chi connectivity index (χ3n) is 4.27. The Hall–Kier alpha value is -3.26. The number of hydrogen-bond acceptors (Lipinski definition) is 4. The lowest BCUT2D eigenvalue weighted by atomic mass is 9.93. The van der Waals surface area contributed by atoms with Crippen molar-refractivity contribution in [1.29, 1.82) is 0 Å². The molecule has 5 nitrogen and oxygen atoms in total. The van der Waals surface area contributed by atoms with Crippen molar-refractivity contribution >= 4 is 17.5 Å². The normalized spacial score (nSPS) is 15.5. The number of hydrogen-bond donors (Lipinski definition) is 2. The van der Waals surface area contributed by atoms with E-state index in [9.17, 15) is 9.90 Å². The number of rotatable bonds is 5. The van der Waals surface area contributed by atoms with Crippen LogP contribution in [0.5, 0.6) is 5.75 Å². The standard InChI is InChI=1S/C21H20N2O3/c1-4-11-26-16-9-10-18-17(12-16)19(23-20(22-18)21(24)25)15-7-5-14(6-8-15)13(2)3/h1,5-10,12-13,19H,11H2,2-3H3,(H,22,23)(H,24,25). The van der Waals surface area contributed by atoms with Crippen LogP contribution in [-0.2, 0) is 4.79 Å². The first-order valence-corrected chi connectivity index (χ1v) is 8.37. The number of carboxylic acid groups (broad SMARTS) is 1. The Morgan fingerprint density at radius 2 is 2.04 bits per heavy atom. The number of benzene rings is 2. The number of nitrogens with one attached hydrogen (secondary N) is 1. The number of aliphatic imine (C=N–C) groups is 1. The largest absolute Gasteiger partial charge is 0.481 e.